The first kappa shape index (κ1) is 13.7. The van der Waals surface area contributed by atoms with E-state index < -0.39 is 0 Å². The van der Waals surface area contributed by atoms with E-state index in [0.29, 0.717) is 12.0 Å². The molecule has 0 saturated carbocycles. The Balaban J connectivity index is 2.27. The Morgan fingerprint density at radius 3 is 2.16 bits per heavy atom. The fraction of sp³-hybridized carbons (Fsp3) is 0.333. The third-order valence-electron chi connectivity index (χ3n) is 3.53. The summed E-state index contributed by atoms with van der Waals surface area (Å²) in [4.78, 5) is 0. The number of para-hydroxylation sites is 1. The standard InChI is InChI=1S/C18H23N/c1-4-15-10-8-9-13-17(15)19-18(14(2)3)16-11-6-5-7-12-16/h5-14,18-19H,4H2,1-3H3. The van der Waals surface area contributed by atoms with Crippen LogP contribution in [0.3, 0.4) is 0 Å². The van der Waals surface area contributed by atoms with Gasteiger partial charge in [-0.1, -0.05) is 69.3 Å². The molecule has 0 bridgehead atoms. The van der Waals surface area contributed by atoms with Crippen molar-refractivity contribution in [1.29, 1.82) is 0 Å². The lowest BCUT2D eigenvalue weighted by molar-refractivity contribution is 0.546. The first-order valence-corrected chi connectivity index (χ1v) is 7.11. The zero-order chi connectivity index (χ0) is 13.7. The van der Waals surface area contributed by atoms with Gasteiger partial charge in [-0.3, -0.25) is 0 Å². The van der Waals surface area contributed by atoms with Gasteiger partial charge in [0.2, 0.25) is 0 Å². The molecule has 0 saturated heterocycles. The summed E-state index contributed by atoms with van der Waals surface area (Å²) in [5.41, 5.74) is 3.99. The van der Waals surface area contributed by atoms with Crippen molar-refractivity contribution < 1.29 is 0 Å². The minimum Gasteiger partial charge on any atom is -0.378 e. The molecular weight excluding hydrogens is 230 g/mol. The second-order valence-electron chi connectivity index (χ2n) is 5.29. The maximum atomic E-state index is 3.71. The molecule has 1 N–H and O–H groups in total. The minimum absolute atomic E-state index is 0.355. The van der Waals surface area contributed by atoms with Gasteiger partial charge in [-0.2, -0.15) is 0 Å². The van der Waals surface area contributed by atoms with E-state index in [1.807, 2.05) is 0 Å². The predicted molar refractivity (Wildman–Crippen MR) is 83.5 cm³/mol. The molecule has 0 spiro atoms. The van der Waals surface area contributed by atoms with Crippen LogP contribution in [-0.4, -0.2) is 0 Å². The van der Waals surface area contributed by atoms with Gasteiger partial charge >= 0.3 is 0 Å². The van der Waals surface area contributed by atoms with Crippen molar-refractivity contribution in [2.45, 2.75) is 33.2 Å². The van der Waals surface area contributed by atoms with Crippen molar-refractivity contribution in [3.05, 3.63) is 65.7 Å². The van der Waals surface area contributed by atoms with Crippen molar-refractivity contribution in [3.8, 4) is 0 Å². The molecule has 0 radical (unpaired) electrons. The average molecular weight is 253 g/mol. The van der Waals surface area contributed by atoms with E-state index in [2.05, 4.69) is 80.7 Å². The van der Waals surface area contributed by atoms with E-state index >= 15 is 0 Å². The maximum absolute atomic E-state index is 3.71. The third kappa shape index (κ3) is 3.37. The normalized spacial score (nSPS) is 12.4. The molecule has 100 valence electrons. The SMILES string of the molecule is CCc1ccccc1NC(c1ccccc1)C(C)C. The topological polar surface area (TPSA) is 12.0 Å². The van der Waals surface area contributed by atoms with Gasteiger partial charge in [-0.15, -0.1) is 0 Å². The van der Waals surface area contributed by atoms with Crippen LogP contribution in [0, 0.1) is 5.92 Å². The number of hydrogen-bond donors (Lipinski definition) is 1. The molecule has 2 rings (SSSR count). The lowest BCUT2D eigenvalue weighted by atomic mass is 9.95. The monoisotopic (exact) mass is 253 g/mol. The largest absolute Gasteiger partial charge is 0.378 e. The number of anilines is 1. The summed E-state index contributed by atoms with van der Waals surface area (Å²) in [6, 6.07) is 19.6. The molecule has 0 aliphatic rings. The van der Waals surface area contributed by atoms with E-state index in [9.17, 15) is 0 Å². The highest BCUT2D eigenvalue weighted by molar-refractivity contribution is 5.52. The summed E-state index contributed by atoms with van der Waals surface area (Å²) in [6.45, 7) is 6.73. The van der Waals surface area contributed by atoms with Gasteiger partial charge < -0.3 is 5.32 Å². The van der Waals surface area contributed by atoms with Crippen LogP contribution < -0.4 is 5.32 Å². The quantitative estimate of drug-likeness (QED) is 0.785. The van der Waals surface area contributed by atoms with E-state index in [4.69, 9.17) is 0 Å². The van der Waals surface area contributed by atoms with Crippen LogP contribution in [0.1, 0.15) is 37.9 Å². The molecule has 19 heavy (non-hydrogen) atoms. The van der Waals surface area contributed by atoms with Crippen LogP contribution >= 0.6 is 0 Å². The van der Waals surface area contributed by atoms with Crippen molar-refractivity contribution in [2.24, 2.45) is 5.92 Å². The summed E-state index contributed by atoms with van der Waals surface area (Å²) in [5.74, 6) is 0.548. The summed E-state index contributed by atoms with van der Waals surface area (Å²) in [5, 5.41) is 3.71. The molecule has 0 amide bonds. The maximum Gasteiger partial charge on any atom is 0.0536 e. The van der Waals surface area contributed by atoms with E-state index in [1.54, 1.807) is 0 Å². The van der Waals surface area contributed by atoms with Crippen LogP contribution in [0.25, 0.3) is 0 Å². The van der Waals surface area contributed by atoms with Gasteiger partial charge in [0.25, 0.3) is 0 Å². The summed E-state index contributed by atoms with van der Waals surface area (Å²) >= 11 is 0. The Labute approximate surface area is 116 Å². The molecule has 0 aromatic heterocycles. The Kier molecular flexibility index (Phi) is 4.62. The van der Waals surface area contributed by atoms with Gasteiger partial charge in [-0.25, -0.2) is 0 Å². The number of nitrogens with one attached hydrogen (secondary N) is 1. The zero-order valence-corrected chi connectivity index (χ0v) is 12.1. The molecule has 0 heterocycles. The molecule has 1 nitrogen and oxygen atoms in total. The highest BCUT2D eigenvalue weighted by atomic mass is 14.9. The number of rotatable bonds is 5. The van der Waals surface area contributed by atoms with Gasteiger partial charge in [0, 0.05) is 5.69 Å². The van der Waals surface area contributed by atoms with Gasteiger partial charge in [0.15, 0.2) is 0 Å². The van der Waals surface area contributed by atoms with Crippen LogP contribution in [0.5, 0.6) is 0 Å². The van der Waals surface area contributed by atoms with Gasteiger partial charge in [0.05, 0.1) is 6.04 Å². The van der Waals surface area contributed by atoms with Crippen molar-refractivity contribution in [2.75, 3.05) is 5.32 Å². The Morgan fingerprint density at radius 1 is 0.895 bits per heavy atom. The van der Waals surface area contributed by atoms with Gasteiger partial charge in [0.1, 0.15) is 0 Å². The summed E-state index contributed by atoms with van der Waals surface area (Å²) in [7, 11) is 0. The molecule has 1 unspecified atom stereocenters. The Hall–Kier alpha value is -1.76. The molecule has 1 atom stereocenters. The first-order chi connectivity index (χ1) is 9.22. The Morgan fingerprint density at radius 2 is 1.53 bits per heavy atom. The highest BCUT2D eigenvalue weighted by Gasteiger charge is 2.16. The molecule has 0 aliphatic carbocycles. The zero-order valence-electron chi connectivity index (χ0n) is 12.1. The van der Waals surface area contributed by atoms with Crippen molar-refractivity contribution in [1.82, 2.24) is 0 Å². The number of benzene rings is 2. The third-order valence-corrected chi connectivity index (χ3v) is 3.53. The predicted octanol–water partition coefficient (Wildman–Crippen LogP) is 5.06. The molecule has 1 heteroatoms. The Bertz CT molecular complexity index is 502. The average Bonchev–Trinajstić information content (AvgIpc) is 2.45. The van der Waals surface area contributed by atoms with Gasteiger partial charge in [-0.05, 0) is 29.5 Å². The fourth-order valence-electron chi connectivity index (χ4n) is 2.43. The fourth-order valence-corrected chi connectivity index (χ4v) is 2.43. The minimum atomic E-state index is 0.355. The molecular formula is C18H23N. The second-order valence-corrected chi connectivity index (χ2v) is 5.29. The summed E-state index contributed by atoms with van der Waals surface area (Å²) in [6.07, 6.45) is 1.06. The number of aryl methyl sites for hydroxylation is 1. The van der Waals surface area contributed by atoms with Crippen LogP contribution in [0.2, 0.25) is 0 Å². The second kappa shape index (κ2) is 6.42. The molecule has 2 aromatic rings. The highest BCUT2D eigenvalue weighted by Crippen LogP contribution is 2.28. The van der Waals surface area contributed by atoms with Crippen LogP contribution in [0.4, 0.5) is 5.69 Å². The molecule has 0 fully saturated rings. The molecule has 2 aromatic carbocycles. The van der Waals surface area contributed by atoms with E-state index in [-0.39, 0.29) is 0 Å². The molecule has 0 aliphatic heterocycles. The van der Waals surface area contributed by atoms with Crippen molar-refractivity contribution >= 4 is 5.69 Å². The van der Waals surface area contributed by atoms with Crippen LogP contribution in [0.15, 0.2) is 54.6 Å². The van der Waals surface area contributed by atoms with E-state index in [1.165, 1.54) is 16.8 Å². The smallest absolute Gasteiger partial charge is 0.0536 e. The number of hydrogen-bond acceptors (Lipinski definition) is 1. The van der Waals surface area contributed by atoms with Crippen molar-refractivity contribution in [3.63, 3.8) is 0 Å². The summed E-state index contributed by atoms with van der Waals surface area (Å²) < 4.78 is 0. The lowest BCUT2D eigenvalue weighted by Crippen LogP contribution is -2.17. The van der Waals surface area contributed by atoms with E-state index in [0.717, 1.165) is 6.42 Å². The lowest BCUT2D eigenvalue weighted by Gasteiger charge is -2.25. The first-order valence-electron chi connectivity index (χ1n) is 7.11. The van der Waals surface area contributed by atoms with Crippen LogP contribution in [-0.2, 0) is 6.42 Å².